The number of ether oxygens (including phenoxy) is 3. The largest absolute Gasteiger partial charge is 0.497 e. The van der Waals surface area contributed by atoms with Gasteiger partial charge < -0.3 is 30.2 Å². The molecule has 3 N–H and O–H groups in total. The van der Waals surface area contributed by atoms with E-state index in [9.17, 15) is 4.79 Å². The molecule has 1 aliphatic heterocycles. The van der Waals surface area contributed by atoms with Crippen LogP contribution in [-0.2, 0) is 4.79 Å². The first-order valence-corrected chi connectivity index (χ1v) is 9.92. The number of thiocarbonyl (C=S) groups is 1. The van der Waals surface area contributed by atoms with Gasteiger partial charge in [0.1, 0.15) is 17.2 Å². The van der Waals surface area contributed by atoms with Crippen LogP contribution in [0.4, 0.5) is 5.69 Å². The van der Waals surface area contributed by atoms with Gasteiger partial charge in [-0.1, -0.05) is 12.1 Å². The molecule has 0 bridgehead atoms. The first kappa shape index (κ1) is 21.4. The second-order valence-electron chi connectivity index (χ2n) is 6.56. The molecule has 0 radical (unpaired) electrons. The fourth-order valence-corrected chi connectivity index (χ4v) is 3.60. The summed E-state index contributed by atoms with van der Waals surface area (Å²) in [6.45, 7) is 4.21. The fraction of sp³-hybridized carbons (Fsp3) is 0.273. The molecule has 2 aromatic carbocycles. The Morgan fingerprint density at radius 1 is 1.13 bits per heavy atom. The molecular formula is C22H25N3O4S. The van der Waals surface area contributed by atoms with E-state index in [0.717, 1.165) is 5.56 Å². The van der Waals surface area contributed by atoms with Crippen molar-refractivity contribution in [2.45, 2.75) is 19.9 Å². The van der Waals surface area contributed by atoms with Gasteiger partial charge in [-0.05, 0) is 56.4 Å². The summed E-state index contributed by atoms with van der Waals surface area (Å²) in [4.78, 5) is 13.4. The molecule has 7 nitrogen and oxygen atoms in total. The number of hydrogen-bond donors (Lipinski definition) is 3. The summed E-state index contributed by atoms with van der Waals surface area (Å²) in [7, 11) is 3.17. The van der Waals surface area contributed by atoms with Crippen LogP contribution in [-0.4, -0.2) is 31.8 Å². The highest BCUT2D eigenvalue weighted by molar-refractivity contribution is 7.80. The summed E-state index contributed by atoms with van der Waals surface area (Å²) in [5, 5.41) is 9.60. The Labute approximate surface area is 181 Å². The van der Waals surface area contributed by atoms with Crippen LogP contribution >= 0.6 is 12.2 Å². The number of benzene rings is 2. The number of hydrogen-bond acceptors (Lipinski definition) is 5. The molecule has 1 aliphatic rings. The van der Waals surface area contributed by atoms with E-state index in [-0.39, 0.29) is 5.91 Å². The van der Waals surface area contributed by atoms with Crippen LogP contribution in [0.15, 0.2) is 53.7 Å². The van der Waals surface area contributed by atoms with E-state index < -0.39 is 6.04 Å². The number of para-hydroxylation sites is 2. The van der Waals surface area contributed by atoms with Crippen molar-refractivity contribution in [3.05, 3.63) is 59.3 Å². The van der Waals surface area contributed by atoms with Gasteiger partial charge in [-0.25, -0.2) is 0 Å². The Hall–Kier alpha value is -3.26. The van der Waals surface area contributed by atoms with Gasteiger partial charge in [0, 0.05) is 11.3 Å². The van der Waals surface area contributed by atoms with Crippen molar-refractivity contribution in [3.8, 4) is 17.2 Å². The number of anilines is 1. The van der Waals surface area contributed by atoms with Crippen LogP contribution in [0, 0.1) is 0 Å². The van der Waals surface area contributed by atoms with E-state index in [0.29, 0.717) is 45.9 Å². The third-order valence-electron chi connectivity index (χ3n) is 4.70. The minimum atomic E-state index is -0.525. The molecule has 1 amide bonds. The minimum absolute atomic E-state index is 0.281. The summed E-state index contributed by atoms with van der Waals surface area (Å²) in [6, 6.07) is 12.2. The van der Waals surface area contributed by atoms with E-state index in [1.807, 2.05) is 38.1 Å². The van der Waals surface area contributed by atoms with E-state index in [4.69, 9.17) is 26.4 Å². The smallest absolute Gasteiger partial charge is 0.255 e. The predicted octanol–water partition coefficient (Wildman–Crippen LogP) is 3.53. The topological polar surface area (TPSA) is 80.9 Å². The molecule has 0 saturated heterocycles. The molecule has 30 heavy (non-hydrogen) atoms. The average Bonchev–Trinajstić information content (AvgIpc) is 2.74. The molecule has 2 aromatic rings. The van der Waals surface area contributed by atoms with Gasteiger partial charge in [0.05, 0.1) is 38.1 Å². The average molecular weight is 428 g/mol. The number of methoxy groups -OCH3 is 2. The summed E-state index contributed by atoms with van der Waals surface area (Å²) in [5.74, 6) is 1.59. The normalized spacial score (nSPS) is 15.7. The van der Waals surface area contributed by atoms with Gasteiger partial charge in [0.15, 0.2) is 5.11 Å². The molecule has 0 unspecified atom stereocenters. The van der Waals surface area contributed by atoms with Crippen LogP contribution in [0.2, 0.25) is 0 Å². The molecule has 1 atom stereocenters. The van der Waals surface area contributed by atoms with Crippen molar-refractivity contribution in [1.82, 2.24) is 10.6 Å². The Balaban J connectivity index is 2.02. The number of rotatable bonds is 7. The first-order chi connectivity index (χ1) is 14.5. The molecule has 3 rings (SSSR count). The second-order valence-corrected chi connectivity index (χ2v) is 6.97. The molecule has 158 valence electrons. The molecule has 0 spiro atoms. The lowest BCUT2D eigenvalue weighted by molar-refractivity contribution is -0.113. The van der Waals surface area contributed by atoms with E-state index in [2.05, 4.69) is 16.0 Å². The second kappa shape index (κ2) is 9.49. The third kappa shape index (κ3) is 4.49. The highest BCUT2D eigenvalue weighted by atomic mass is 32.1. The van der Waals surface area contributed by atoms with E-state index in [1.165, 1.54) is 0 Å². The Morgan fingerprint density at radius 2 is 1.90 bits per heavy atom. The number of allylic oxidation sites excluding steroid dienone is 1. The first-order valence-electron chi connectivity index (χ1n) is 9.51. The Morgan fingerprint density at radius 3 is 2.60 bits per heavy atom. The number of nitrogens with one attached hydrogen (secondary N) is 3. The summed E-state index contributed by atoms with van der Waals surface area (Å²) >= 11 is 5.34. The van der Waals surface area contributed by atoms with Gasteiger partial charge >= 0.3 is 0 Å². The van der Waals surface area contributed by atoms with Gasteiger partial charge in [-0.3, -0.25) is 4.79 Å². The van der Waals surface area contributed by atoms with Crippen molar-refractivity contribution in [1.29, 1.82) is 0 Å². The van der Waals surface area contributed by atoms with Crippen LogP contribution in [0.25, 0.3) is 0 Å². The van der Waals surface area contributed by atoms with Gasteiger partial charge in [0.2, 0.25) is 0 Å². The van der Waals surface area contributed by atoms with Gasteiger partial charge in [-0.15, -0.1) is 0 Å². The van der Waals surface area contributed by atoms with Gasteiger partial charge in [-0.2, -0.15) is 0 Å². The molecular weight excluding hydrogens is 402 g/mol. The maximum atomic E-state index is 13.4. The lowest BCUT2D eigenvalue weighted by atomic mass is 9.94. The standard InChI is InChI=1S/C22H25N3O4S/c1-5-29-18-9-7-6-8-16(18)24-21(26)19-13(2)23-22(30)25-20(19)15-12-14(27-3)10-11-17(15)28-4/h6-12,20H,5H2,1-4H3,(H,24,26)(H2,23,25,30)/t20-/m1/s1. The summed E-state index contributed by atoms with van der Waals surface area (Å²) < 4.78 is 16.5. The highest BCUT2D eigenvalue weighted by Gasteiger charge is 2.32. The Kier molecular flexibility index (Phi) is 6.79. The zero-order chi connectivity index (χ0) is 21.7. The van der Waals surface area contributed by atoms with Gasteiger partial charge in [0.25, 0.3) is 5.91 Å². The lowest BCUT2D eigenvalue weighted by Gasteiger charge is -2.31. The lowest BCUT2D eigenvalue weighted by Crippen LogP contribution is -2.45. The van der Waals surface area contributed by atoms with E-state index >= 15 is 0 Å². The van der Waals surface area contributed by atoms with Crippen molar-refractivity contribution >= 4 is 28.9 Å². The molecule has 0 saturated carbocycles. The Bertz CT molecular complexity index is 990. The van der Waals surface area contributed by atoms with Crippen LogP contribution < -0.4 is 30.2 Å². The van der Waals surface area contributed by atoms with Crippen molar-refractivity contribution in [3.63, 3.8) is 0 Å². The molecule has 0 fully saturated rings. The van der Waals surface area contributed by atoms with Crippen molar-refractivity contribution in [2.75, 3.05) is 26.1 Å². The molecule has 8 heteroatoms. The van der Waals surface area contributed by atoms with Crippen LogP contribution in [0.3, 0.4) is 0 Å². The van der Waals surface area contributed by atoms with Crippen LogP contribution in [0.5, 0.6) is 17.2 Å². The van der Waals surface area contributed by atoms with Crippen LogP contribution in [0.1, 0.15) is 25.5 Å². The quantitative estimate of drug-likeness (QED) is 0.583. The fourth-order valence-electron chi connectivity index (χ4n) is 3.33. The SMILES string of the molecule is CCOc1ccccc1NC(=O)C1=C(C)NC(=S)N[C@@H]1c1cc(OC)ccc1OC. The van der Waals surface area contributed by atoms with E-state index in [1.54, 1.807) is 32.4 Å². The maximum absolute atomic E-state index is 13.4. The predicted molar refractivity (Wildman–Crippen MR) is 120 cm³/mol. The summed E-state index contributed by atoms with van der Waals surface area (Å²) in [5.41, 5.74) is 2.47. The molecule has 0 aliphatic carbocycles. The van der Waals surface area contributed by atoms with Crippen molar-refractivity contribution in [2.24, 2.45) is 0 Å². The zero-order valence-electron chi connectivity index (χ0n) is 17.4. The monoisotopic (exact) mass is 427 g/mol. The minimum Gasteiger partial charge on any atom is -0.497 e. The third-order valence-corrected chi connectivity index (χ3v) is 4.92. The summed E-state index contributed by atoms with van der Waals surface area (Å²) in [6.07, 6.45) is 0. The number of amides is 1. The van der Waals surface area contributed by atoms with Crippen molar-refractivity contribution < 1.29 is 19.0 Å². The maximum Gasteiger partial charge on any atom is 0.255 e. The highest BCUT2D eigenvalue weighted by Crippen LogP contribution is 2.36. The molecule has 0 aromatic heterocycles. The molecule has 1 heterocycles. The number of carbonyl (C=O) groups is 1. The zero-order valence-corrected chi connectivity index (χ0v) is 18.2. The number of carbonyl (C=O) groups excluding carboxylic acids is 1.